The van der Waals surface area contributed by atoms with Gasteiger partial charge in [0.05, 0.1) is 12.1 Å². The number of primary sulfonamides is 1. The van der Waals surface area contributed by atoms with E-state index in [2.05, 4.69) is 43.8 Å². The summed E-state index contributed by atoms with van der Waals surface area (Å²) in [6.45, 7) is 0.247. The molecule has 0 aliphatic carbocycles. The molecule has 2 rings (SSSR count). The number of thiophene rings is 1. The highest BCUT2D eigenvalue weighted by atomic mass is 127. The molecule has 0 saturated carbocycles. The van der Waals surface area contributed by atoms with Crippen LogP contribution in [0.4, 0.5) is 0 Å². The summed E-state index contributed by atoms with van der Waals surface area (Å²) < 4.78 is 24.1. The number of amides is 1. The lowest BCUT2D eigenvalue weighted by molar-refractivity contribution is 0.0950. The number of rotatable bonds is 4. The van der Waals surface area contributed by atoms with E-state index in [4.69, 9.17) is 5.14 Å². The molecule has 0 unspecified atom stereocenters. The van der Waals surface area contributed by atoms with E-state index in [0.29, 0.717) is 14.9 Å². The van der Waals surface area contributed by atoms with Gasteiger partial charge in [-0.3, -0.25) is 4.79 Å². The predicted molar refractivity (Wildman–Crippen MR) is 93.7 cm³/mol. The van der Waals surface area contributed by atoms with Crippen LogP contribution in [0, 0.1) is 3.57 Å². The van der Waals surface area contributed by atoms with E-state index in [1.54, 1.807) is 18.2 Å². The third kappa shape index (κ3) is 4.49. The Balaban J connectivity index is 2.08. The number of sulfonamides is 1. The molecular formula is C12H10BrIN2O3S2. The Hall–Kier alpha value is -0.490. The average molecular weight is 501 g/mol. The molecule has 1 aromatic carbocycles. The number of nitrogens with two attached hydrogens (primary N) is 1. The van der Waals surface area contributed by atoms with Crippen molar-refractivity contribution in [3.8, 4) is 0 Å². The normalized spacial score (nSPS) is 11.4. The van der Waals surface area contributed by atoms with Crippen LogP contribution in [0.25, 0.3) is 0 Å². The lowest BCUT2D eigenvalue weighted by atomic mass is 10.2. The minimum atomic E-state index is -3.69. The molecule has 0 aliphatic rings. The Morgan fingerprint density at radius 3 is 2.67 bits per heavy atom. The monoisotopic (exact) mass is 500 g/mol. The van der Waals surface area contributed by atoms with Gasteiger partial charge in [-0.25, -0.2) is 13.6 Å². The molecule has 0 radical (unpaired) electrons. The molecule has 0 atom stereocenters. The lowest BCUT2D eigenvalue weighted by Gasteiger charge is -2.06. The van der Waals surface area contributed by atoms with Crippen molar-refractivity contribution >= 4 is 65.8 Å². The van der Waals surface area contributed by atoms with Gasteiger partial charge in [0.1, 0.15) is 4.21 Å². The van der Waals surface area contributed by atoms with Crippen LogP contribution in [0.2, 0.25) is 0 Å². The first-order chi connectivity index (χ1) is 9.77. The Bertz CT molecular complexity index is 790. The quantitative estimate of drug-likeness (QED) is 0.632. The highest BCUT2D eigenvalue weighted by molar-refractivity contribution is 14.1. The van der Waals surface area contributed by atoms with Crippen LogP contribution in [0.15, 0.2) is 39.0 Å². The van der Waals surface area contributed by atoms with Gasteiger partial charge in [-0.15, -0.1) is 11.3 Å². The van der Waals surface area contributed by atoms with E-state index in [9.17, 15) is 13.2 Å². The van der Waals surface area contributed by atoms with E-state index in [1.165, 1.54) is 6.07 Å². The summed E-state index contributed by atoms with van der Waals surface area (Å²) in [5.74, 6) is -0.231. The minimum Gasteiger partial charge on any atom is -0.347 e. The van der Waals surface area contributed by atoms with Crippen molar-refractivity contribution in [2.24, 2.45) is 5.14 Å². The molecule has 0 spiro atoms. The molecule has 9 heteroatoms. The van der Waals surface area contributed by atoms with Gasteiger partial charge in [-0.1, -0.05) is 0 Å². The van der Waals surface area contributed by atoms with E-state index in [-0.39, 0.29) is 16.7 Å². The van der Waals surface area contributed by atoms with Crippen LogP contribution in [-0.2, 0) is 16.6 Å². The van der Waals surface area contributed by atoms with E-state index >= 15 is 0 Å². The number of nitrogens with one attached hydrogen (secondary N) is 1. The van der Waals surface area contributed by atoms with Gasteiger partial charge in [0.25, 0.3) is 5.91 Å². The molecule has 112 valence electrons. The molecule has 5 nitrogen and oxygen atoms in total. The van der Waals surface area contributed by atoms with Crippen molar-refractivity contribution in [3.05, 3.63) is 48.8 Å². The summed E-state index contributed by atoms with van der Waals surface area (Å²) in [6.07, 6.45) is 0. The van der Waals surface area contributed by atoms with Gasteiger partial charge in [-0.05, 0) is 68.9 Å². The molecule has 3 N–H and O–H groups in total. The molecule has 2 aromatic rings. The zero-order valence-electron chi connectivity index (χ0n) is 10.5. The molecule has 0 aliphatic heterocycles. The number of benzene rings is 1. The zero-order chi connectivity index (χ0) is 15.6. The van der Waals surface area contributed by atoms with Gasteiger partial charge < -0.3 is 5.32 Å². The fourth-order valence-electron chi connectivity index (χ4n) is 1.54. The SMILES string of the molecule is NS(=O)(=O)c1ccc(CNC(=O)c2cc(I)ccc2Br)s1. The second-order valence-corrected chi connectivity index (χ2v) is 9.13. The highest BCUT2D eigenvalue weighted by Crippen LogP contribution is 2.21. The summed E-state index contributed by atoms with van der Waals surface area (Å²) >= 11 is 6.50. The topological polar surface area (TPSA) is 89.3 Å². The fraction of sp³-hybridized carbons (Fsp3) is 0.0833. The Labute approximate surface area is 148 Å². The first-order valence-electron chi connectivity index (χ1n) is 5.62. The van der Waals surface area contributed by atoms with Crippen molar-refractivity contribution in [2.75, 3.05) is 0 Å². The molecule has 0 bridgehead atoms. The predicted octanol–water partition coefficient (Wildman–Crippen LogP) is 2.69. The number of halogens is 2. The van der Waals surface area contributed by atoms with Gasteiger partial charge in [0, 0.05) is 12.9 Å². The maximum atomic E-state index is 12.1. The van der Waals surface area contributed by atoms with Crippen LogP contribution in [0.1, 0.15) is 15.2 Å². The molecule has 0 saturated heterocycles. The maximum Gasteiger partial charge on any atom is 0.252 e. The van der Waals surface area contributed by atoms with E-state index in [1.807, 2.05) is 6.07 Å². The van der Waals surface area contributed by atoms with Gasteiger partial charge in [-0.2, -0.15) is 0 Å². The maximum absolute atomic E-state index is 12.1. The summed E-state index contributed by atoms with van der Waals surface area (Å²) in [5.41, 5.74) is 0.533. The smallest absolute Gasteiger partial charge is 0.252 e. The van der Waals surface area contributed by atoms with Gasteiger partial charge in [0.2, 0.25) is 10.0 Å². The van der Waals surface area contributed by atoms with Gasteiger partial charge in [0.15, 0.2) is 0 Å². The Morgan fingerprint density at radius 1 is 1.33 bits per heavy atom. The van der Waals surface area contributed by atoms with E-state index < -0.39 is 10.0 Å². The number of hydrogen-bond donors (Lipinski definition) is 2. The molecule has 21 heavy (non-hydrogen) atoms. The summed E-state index contributed by atoms with van der Waals surface area (Å²) in [4.78, 5) is 12.8. The molecule has 1 aromatic heterocycles. The van der Waals surface area contributed by atoms with Crippen molar-refractivity contribution in [3.63, 3.8) is 0 Å². The third-order valence-electron chi connectivity index (χ3n) is 2.51. The molecular weight excluding hydrogens is 491 g/mol. The van der Waals surface area contributed by atoms with Crippen molar-refractivity contribution in [1.82, 2.24) is 5.32 Å². The van der Waals surface area contributed by atoms with Crippen molar-refractivity contribution in [2.45, 2.75) is 10.8 Å². The Morgan fingerprint density at radius 2 is 2.05 bits per heavy atom. The summed E-state index contributed by atoms with van der Waals surface area (Å²) in [7, 11) is -3.69. The minimum absolute atomic E-state index is 0.0854. The van der Waals surface area contributed by atoms with Crippen LogP contribution in [0.3, 0.4) is 0 Å². The van der Waals surface area contributed by atoms with Crippen molar-refractivity contribution < 1.29 is 13.2 Å². The largest absolute Gasteiger partial charge is 0.347 e. The lowest BCUT2D eigenvalue weighted by Crippen LogP contribution is -2.22. The summed E-state index contributed by atoms with van der Waals surface area (Å²) in [5, 5.41) is 7.79. The van der Waals surface area contributed by atoms with Crippen molar-refractivity contribution in [1.29, 1.82) is 0 Å². The number of hydrogen-bond acceptors (Lipinski definition) is 4. The zero-order valence-corrected chi connectivity index (χ0v) is 15.8. The summed E-state index contributed by atoms with van der Waals surface area (Å²) in [6, 6.07) is 8.53. The molecule has 0 fully saturated rings. The fourth-order valence-corrected chi connectivity index (χ4v) is 4.18. The highest BCUT2D eigenvalue weighted by Gasteiger charge is 2.13. The standard InChI is InChI=1S/C12H10BrIN2O3S2/c13-10-3-1-7(14)5-9(10)12(17)16-6-8-2-4-11(20-8)21(15,18)19/h1-5H,6H2,(H,16,17)(H2,15,18,19). The van der Waals surface area contributed by atoms with Crippen LogP contribution in [-0.4, -0.2) is 14.3 Å². The first kappa shape index (κ1) is 16.9. The van der Waals surface area contributed by atoms with E-state index in [0.717, 1.165) is 14.9 Å². The van der Waals surface area contributed by atoms with Crippen LogP contribution >= 0.6 is 49.9 Å². The second-order valence-electron chi connectivity index (χ2n) is 4.07. The van der Waals surface area contributed by atoms with Crippen LogP contribution in [0.5, 0.6) is 0 Å². The average Bonchev–Trinajstić information content (AvgIpc) is 2.87. The third-order valence-corrected chi connectivity index (χ3v) is 6.40. The Kier molecular flexibility index (Phi) is 5.41. The number of carbonyl (C=O) groups is 1. The van der Waals surface area contributed by atoms with Gasteiger partial charge >= 0.3 is 0 Å². The van der Waals surface area contributed by atoms with Crippen LogP contribution < -0.4 is 10.5 Å². The first-order valence-corrected chi connectivity index (χ1v) is 9.85. The number of carbonyl (C=O) groups excluding carboxylic acids is 1. The molecule has 1 amide bonds. The molecule has 1 heterocycles. The second kappa shape index (κ2) is 6.73.